The number of nitrogens with zero attached hydrogens (tertiary/aromatic N) is 1. The second-order valence-corrected chi connectivity index (χ2v) is 5.21. The molecule has 2 nitrogen and oxygen atoms in total. The van der Waals surface area contributed by atoms with E-state index in [4.69, 9.17) is 5.73 Å². The van der Waals surface area contributed by atoms with Crippen molar-refractivity contribution in [2.24, 2.45) is 5.73 Å². The van der Waals surface area contributed by atoms with Crippen LogP contribution < -0.4 is 5.73 Å². The standard InChI is InChI=1S/C7H11BrN2S/c1-7(2,4-9)5-3-11-6(8)10-5/h3H,4,9H2,1-2H3. The molecule has 11 heavy (non-hydrogen) atoms. The molecule has 0 radical (unpaired) electrons. The Morgan fingerprint density at radius 3 is 2.73 bits per heavy atom. The van der Waals surface area contributed by atoms with Gasteiger partial charge in [0.25, 0.3) is 0 Å². The Hall–Kier alpha value is 0.0700. The lowest BCUT2D eigenvalue weighted by Gasteiger charge is -2.18. The average molecular weight is 235 g/mol. The van der Waals surface area contributed by atoms with Crippen LogP contribution in [0, 0.1) is 0 Å². The van der Waals surface area contributed by atoms with E-state index in [1.165, 1.54) is 0 Å². The summed E-state index contributed by atoms with van der Waals surface area (Å²) in [5.74, 6) is 0. The molecule has 0 bridgehead atoms. The monoisotopic (exact) mass is 234 g/mol. The van der Waals surface area contributed by atoms with Crippen molar-refractivity contribution in [3.8, 4) is 0 Å². The molecular formula is C7H11BrN2S. The van der Waals surface area contributed by atoms with Crippen molar-refractivity contribution in [1.82, 2.24) is 4.98 Å². The average Bonchev–Trinajstić information content (AvgIpc) is 2.36. The molecule has 0 saturated heterocycles. The first-order chi connectivity index (χ1) is 5.06. The molecule has 1 heterocycles. The quantitative estimate of drug-likeness (QED) is 0.852. The van der Waals surface area contributed by atoms with Crippen LogP contribution in [0.2, 0.25) is 0 Å². The van der Waals surface area contributed by atoms with Gasteiger partial charge < -0.3 is 5.73 Å². The van der Waals surface area contributed by atoms with E-state index >= 15 is 0 Å². The molecule has 0 spiro atoms. The smallest absolute Gasteiger partial charge is 0.159 e. The summed E-state index contributed by atoms with van der Waals surface area (Å²) in [6.07, 6.45) is 0. The third-order valence-corrected chi connectivity index (χ3v) is 3.04. The maximum absolute atomic E-state index is 5.60. The summed E-state index contributed by atoms with van der Waals surface area (Å²) < 4.78 is 0.925. The summed E-state index contributed by atoms with van der Waals surface area (Å²) in [6.45, 7) is 4.81. The van der Waals surface area contributed by atoms with E-state index in [1.54, 1.807) is 11.3 Å². The second kappa shape index (κ2) is 3.21. The van der Waals surface area contributed by atoms with Gasteiger partial charge in [0.1, 0.15) is 0 Å². The van der Waals surface area contributed by atoms with Crippen LogP contribution in [0.1, 0.15) is 19.5 Å². The Balaban J connectivity index is 2.92. The lowest BCUT2D eigenvalue weighted by molar-refractivity contribution is 0.524. The zero-order chi connectivity index (χ0) is 8.48. The van der Waals surface area contributed by atoms with Gasteiger partial charge in [-0.25, -0.2) is 4.98 Å². The summed E-state index contributed by atoms with van der Waals surface area (Å²) >= 11 is 4.92. The molecule has 0 atom stereocenters. The van der Waals surface area contributed by atoms with Gasteiger partial charge in [-0.2, -0.15) is 0 Å². The van der Waals surface area contributed by atoms with Crippen LogP contribution in [-0.2, 0) is 5.41 Å². The highest BCUT2D eigenvalue weighted by Gasteiger charge is 2.21. The molecule has 0 unspecified atom stereocenters. The summed E-state index contributed by atoms with van der Waals surface area (Å²) in [5.41, 5.74) is 6.67. The van der Waals surface area contributed by atoms with E-state index in [9.17, 15) is 0 Å². The summed E-state index contributed by atoms with van der Waals surface area (Å²) in [4.78, 5) is 4.31. The second-order valence-electron chi connectivity index (χ2n) is 3.07. The molecule has 0 aliphatic carbocycles. The van der Waals surface area contributed by atoms with Crippen LogP contribution in [0.15, 0.2) is 9.30 Å². The predicted octanol–water partition coefficient (Wildman–Crippen LogP) is 2.14. The Morgan fingerprint density at radius 2 is 2.36 bits per heavy atom. The molecule has 4 heteroatoms. The highest BCUT2D eigenvalue weighted by atomic mass is 79.9. The van der Waals surface area contributed by atoms with E-state index in [-0.39, 0.29) is 5.41 Å². The lowest BCUT2D eigenvalue weighted by Crippen LogP contribution is -2.28. The molecule has 2 N–H and O–H groups in total. The zero-order valence-corrected chi connectivity index (χ0v) is 9.00. The molecule has 0 aromatic carbocycles. The molecular weight excluding hydrogens is 224 g/mol. The molecule has 62 valence electrons. The molecule has 0 saturated carbocycles. The van der Waals surface area contributed by atoms with Crippen LogP contribution in [-0.4, -0.2) is 11.5 Å². The third kappa shape index (κ3) is 2.01. The first-order valence-corrected chi connectivity index (χ1v) is 5.05. The predicted molar refractivity (Wildman–Crippen MR) is 51.9 cm³/mol. The number of thiazole rings is 1. The maximum atomic E-state index is 5.60. The number of halogens is 1. The van der Waals surface area contributed by atoms with Crippen molar-refractivity contribution in [3.05, 3.63) is 15.0 Å². The van der Waals surface area contributed by atoms with E-state index in [2.05, 4.69) is 34.8 Å². The fourth-order valence-corrected chi connectivity index (χ4v) is 1.87. The topological polar surface area (TPSA) is 38.9 Å². The molecule has 0 aliphatic heterocycles. The van der Waals surface area contributed by atoms with Crippen LogP contribution in [0.4, 0.5) is 0 Å². The highest BCUT2D eigenvalue weighted by Crippen LogP contribution is 2.25. The normalized spacial score (nSPS) is 12.0. The minimum atomic E-state index is 0.00250. The largest absolute Gasteiger partial charge is 0.330 e. The first-order valence-electron chi connectivity index (χ1n) is 3.38. The van der Waals surface area contributed by atoms with Crippen LogP contribution in [0.5, 0.6) is 0 Å². The van der Waals surface area contributed by atoms with Gasteiger partial charge in [0.15, 0.2) is 3.92 Å². The van der Waals surface area contributed by atoms with Crippen molar-refractivity contribution < 1.29 is 0 Å². The fourth-order valence-electron chi connectivity index (χ4n) is 0.667. The molecule has 0 amide bonds. The van der Waals surface area contributed by atoms with E-state index in [0.717, 1.165) is 9.61 Å². The van der Waals surface area contributed by atoms with Gasteiger partial charge in [-0.3, -0.25) is 0 Å². The van der Waals surface area contributed by atoms with Crippen molar-refractivity contribution in [1.29, 1.82) is 0 Å². The van der Waals surface area contributed by atoms with Gasteiger partial charge in [-0.1, -0.05) is 13.8 Å². The minimum Gasteiger partial charge on any atom is -0.330 e. The Bertz CT molecular complexity index is 244. The zero-order valence-electron chi connectivity index (χ0n) is 6.60. The van der Waals surface area contributed by atoms with Crippen LogP contribution in [0.25, 0.3) is 0 Å². The molecule has 1 aromatic heterocycles. The van der Waals surface area contributed by atoms with Crippen molar-refractivity contribution >= 4 is 27.3 Å². The van der Waals surface area contributed by atoms with Gasteiger partial charge in [0, 0.05) is 17.3 Å². The van der Waals surface area contributed by atoms with Crippen molar-refractivity contribution in [2.75, 3.05) is 6.54 Å². The summed E-state index contributed by atoms with van der Waals surface area (Å²) in [6, 6.07) is 0. The van der Waals surface area contributed by atoms with E-state index in [1.807, 2.05) is 5.38 Å². The number of nitrogens with two attached hydrogens (primary N) is 1. The summed E-state index contributed by atoms with van der Waals surface area (Å²) in [5, 5.41) is 2.04. The Morgan fingerprint density at radius 1 is 1.73 bits per heavy atom. The molecule has 0 aliphatic rings. The Kier molecular flexibility index (Phi) is 2.67. The molecule has 1 rings (SSSR count). The van der Waals surface area contributed by atoms with Crippen molar-refractivity contribution in [3.63, 3.8) is 0 Å². The highest BCUT2D eigenvalue weighted by molar-refractivity contribution is 9.11. The van der Waals surface area contributed by atoms with Crippen LogP contribution >= 0.6 is 27.3 Å². The fraction of sp³-hybridized carbons (Fsp3) is 0.571. The van der Waals surface area contributed by atoms with Gasteiger partial charge >= 0.3 is 0 Å². The number of hydrogen-bond donors (Lipinski definition) is 1. The Labute approximate surface area is 79.0 Å². The molecule has 1 aromatic rings. The van der Waals surface area contributed by atoms with E-state index < -0.39 is 0 Å². The molecule has 0 fully saturated rings. The third-order valence-electron chi connectivity index (χ3n) is 1.68. The number of aromatic nitrogens is 1. The SMILES string of the molecule is CC(C)(CN)c1csc(Br)n1. The minimum absolute atomic E-state index is 0.00250. The first kappa shape index (κ1) is 9.16. The van der Waals surface area contributed by atoms with Gasteiger partial charge in [-0.05, 0) is 15.9 Å². The van der Waals surface area contributed by atoms with E-state index in [0.29, 0.717) is 6.54 Å². The summed E-state index contributed by atoms with van der Waals surface area (Å²) in [7, 11) is 0. The number of rotatable bonds is 2. The van der Waals surface area contributed by atoms with Crippen molar-refractivity contribution in [2.45, 2.75) is 19.3 Å². The van der Waals surface area contributed by atoms with Gasteiger partial charge in [-0.15, -0.1) is 11.3 Å². The lowest BCUT2D eigenvalue weighted by atomic mass is 9.91. The van der Waals surface area contributed by atoms with Gasteiger partial charge in [0.2, 0.25) is 0 Å². The number of hydrogen-bond acceptors (Lipinski definition) is 3. The maximum Gasteiger partial charge on any atom is 0.159 e. The van der Waals surface area contributed by atoms with Crippen LogP contribution in [0.3, 0.4) is 0 Å². The van der Waals surface area contributed by atoms with Gasteiger partial charge in [0.05, 0.1) is 5.69 Å².